The summed E-state index contributed by atoms with van der Waals surface area (Å²) >= 11 is 0. The molecule has 1 aliphatic heterocycles. The van der Waals surface area contributed by atoms with Gasteiger partial charge in [0.15, 0.2) is 0 Å². The number of amides is 1. The lowest BCUT2D eigenvalue weighted by Crippen LogP contribution is -2.71. The number of rotatable bonds is 8. The highest BCUT2D eigenvalue weighted by Crippen LogP contribution is 2.29. The maximum absolute atomic E-state index is 12.0. The number of hydrogen-bond donors (Lipinski definition) is 2. The molecule has 2 rings (SSSR count). The summed E-state index contributed by atoms with van der Waals surface area (Å²) in [6.07, 6.45) is 2.09. The van der Waals surface area contributed by atoms with Gasteiger partial charge in [-0.05, 0) is 39.5 Å². The monoisotopic (exact) mass is 328 g/mol. The molecule has 23 heavy (non-hydrogen) atoms. The van der Waals surface area contributed by atoms with Gasteiger partial charge in [0.05, 0.1) is 18.6 Å². The van der Waals surface area contributed by atoms with Gasteiger partial charge >= 0.3 is 12.1 Å². The fourth-order valence-corrected chi connectivity index (χ4v) is 2.64. The molecule has 0 spiro atoms. The Hall–Kier alpha value is -1.34. The van der Waals surface area contributed by atoms with Crippen molar-refractivity contribution in [2.24, 2.45) is 5.92 Å². The van der Waals surface area contributed by atoms with Gasteiger partial charge in [0.25, 0.3) is 0 Å². The van der Waals surface area contributed by atoms with Crippen molar-refractivity contribution in [3.63, 3.8) is 0 Å². The van der Waals surface area contributed by atoms with Crippen LogP contribution in [0.3, 0.4) is 0 Å². The van der Waals surface area contributed by atoms with E-state index in [1.165, 1.54) is 17.7 Å². The molecule has 2 fully saturated rings. The van der Waals surface area contributed by atoms with Crippen LogP contribution >= 0.6 is 0 Å². The lowest BCUT2D eigenvalue weighted by atomic mass is 9.86. The van der Waals surface area contributed by atoms with Gasteiger partial charge in [0.2, 0.25) is 0 Å². The minimum atomic E-state index is -0.875. The van der Waals surface area contributed by atoms with Crippen molar-refractivity contribution in [3.05, 3.63) is 0 Å². The maximum atomic E-state index is 12.0. The first-order valence-electron chi connectivity index (χ1n) is 8.22. The number of likely N-dealkylation sites (tertiary alicyclic amines) is 1. The molecule has 1 heterocycles. The fraction of sp³-hybridized carbons (Fsp3) is 0.875. The zero-order valence-corrected chi connectivity index (χ0v) is 14.3. The smallest absolute Gasteiger partial charge is 0.410 e. The van der Waals surface area contributed by atoms with E-state index in [1.807, 2.05) is 20.8 Å². The summed E-state index contributed by atoms with van der Waals surface area (Å²) in [5, 5.41) is 12.4. The van der Waals surface area contributed by atoms with Crippen LogP contribution < -0.4 is 5.32 Å². The fourth-order valence-electron chi connectivity index (χ4n) is 2.64. The van der Waals surface area contributed by atoms with E-state index in [-0.39, 0.29) is 6.42 Å². The van der Waals surface area contributed by atoms with E-state index in [9.17, 15) is 9.59 Å². The van der Waals surface area contributed by atoms with E-state index in [0.29, 0.717) is 32.2 Å². The van der Waals surface area contributed by atoms with Crippen molar-refractivity contribution in [1.29, 1.82) is 0 Å². The second-order valence-corrected chi connectivity index (χ2v) is 7.63. The largest absolute Gasteiger partial charge is 0.481 e. The molecule has 132 valence electrons. The Balaban J connectivity index is 1.74. The van der Waals surface area contributed by atoms with E-state index >= 15 is 0 Å². The van der Waals surface area contributed by atoms with Gasteiger partial charge in [-0.1, -0.05) is 0 Å². The molecule has 1 saturated carbocycles. The number of carboxylic acids is 1. The van der Waals surface area contributed by atoms with Crippen LogP contribution in [0.2, 0.25) is 0 Å². The summed E-state index contributed by atoms with van der Waals surface area (Å²) in [5.74, 6) is -0.158. The molecule has 1 amide bonds. The molecular weight excluding hydrogens is 300 g/mol. The summed E-state index contributed by atoms with van der Waals surface area (Å²) in [6.45, 7) is 8.05. The van der Waals surface area contributed by atoms with Gasteiger partial charge in [-0.2, -0.15) is 0 Å². The van der Waals surface area contributed by atoms with Crippen molar-refractivity contribution >= 4 is 12.1 Å². The topological polar surface area (TPSA) is 88.1 Å². The molecular formula is C16H28N2O5. The first-order chi connectivity index (χ1) is 10.7. The quantitative estimate of drug-likeness (QED) is 0.656. The van der Waals surface area contributed by atoms with Crippen molar-refractivity contribution in [3.8, 4) is 0 Å². The molecule has 7 heteroatoms. The molecule has 1 saturated heterocycles. The molecule has 0 aromatic carbocycles. The average Bonchev–Trinajstić information content (AvgIpc) is 3.15. The van der Waals surface area contributed by atoms with Crippen LogP contribution in [0.15, 0.2) is 0 Å². The molecule has 0 aromatic heterocycles. The van der Waals surface area contributed by atoms with E-state index in [1.54, 1.807) is 0 Å². The van der Waals surface area contributed by atoms with Crippen molar-refractivity contribution in [2.75, 3.05) is 32.8 Å². The van der Waals surface area contributed by atoms with E-state index in [2.05, 4.69) is 5.32 Å². The van der Waals surface area contributed by atoms with Crippen LogP contribution in [0, 0.1) is 5.92 Å². The standard InChI is InChI=1S/C16H28N2O5/c1-15(2,3)23-14(21)18-10-16(11-18,8-13(19)20)17-6-7-22-9-12-4-5-12/h12,17H,4-11H2,1-3H3,(H,19,20). The summed E-state index contributed by atoms with van der Waals surface area (Å²) in [6, 6.07) is 0. The molecule has 7 nitrogen and oxygen atoms in total. The third kappa shape index (κ3) is 5.99. The summed E-state index contributed by atoms with van der Waals surface area (Å²) in [5.41, 5.74) is -1.13. The Morgan fingerprint density at radius 3 is 2.48 bits per heavy atom. The van der Waals surface area contributed by atoms with Crippen LogP contribution in [0.1, 0.15) is 40.0 Å². The number of aliphatic carboxylic acids is 1. The maximum Gasteiger partial charge on any atom is 0.410 e. The third-order valence-corrected chi connectivity index (χ3v) is 3.93. The minimum Gasteiger partial charge on any atom is -0.481 e. The first-order valence-corrected chi connectivity index (χ1v) is 8.22. The van der Waals surface area contributed by atoms with Crippen molar-refractivity contribution in [2.45, 2.75) is 51.2 Å². The van der Waals surface area contributed by atoms with Gasteiger partial charge in [-0.3, -0.25) is 4.79 Å². The van der Waals surface area contributed by atoms with Crippen LogP contribution in [0.4, 0.5) is 4.79 Å². The Morgan fingerprint density at radius 1 is 1.30 bits per heavy atom. The van der Waals surface area contributed by atoms with Gasteiger partial charge in [-0.25, -0.2) is 4.79 Å². The number of hydrogen-bond acceptors (Lipinski definition) is 5. The highest BCUT2D eigenvalue weighted by Gasteiger charge is 2.47. The molecule has 0 bridgehead atoms. The molecule has 0 aromatic rings. The normalized spacial score (nSPS) is 20.0. The van der Waals surface area contributed by atoms with Gasteiger partial charge < -0.3 is 24.8 Å². The molecule has 0 unspecified atom stereocenters. The summed E-state index contributed by atoms with van der Waals surface area (Å²) < 4.78 is 10.9. The third-order valence-electron chi connectivity index (χ3n) is 3.93. The predicted molar refractivity (Wildman–Crippen MR) is 84.3 cm³/mol. The molecule has 2 aliphatic rings. The van der Waals surface area contributed by atoms with Crippen LogP contribution in [0.5, 0.6) is 0 Å². The number of nitrogens with one attached hydrogen (secondary N) is 1. The average molecular weight is 328 g/mol. The second-order valence-electron chi connectivity index (χ2n) is 7.63. The lowest BCUT2D eigenvalue weighted by molar-refractivity contribution is -0.141. The SMILES string of the molecule is CC(C)(C)OC(=O)N1CC(CC(=O)O)(NCCOCC2CC2)C1. The Labute approximate surface area is 137 Å². The Morgan fingerprint density at radius 2 is 1.96 bits per heavy atom. The molecule has 2 N–H and O–H groups in total. The van der Waals surface area contributed by atoms with Gasteiger partial charge in [-0.15, -0.1) is 0 Å². The van der Waals surface area contributed by atoms with Gasteiger partial charge in [0, 0.05) is 26.2 Å². The zero-order valence-electron chi connectivity index (χ0n) is 14.3. The molecule has 0 radical (unpaired) electrons. The zero-order chi connectivity index (χ0) is 17.1. The Bertz CT molecular complexity index is 436. The van der Waals surface area contributed by atoms with Crippen LogP contribution in [0.25, 0.3) is 0 Å². The van der Waals surface area contributed by atoms with Crippen LogP contribution in [-0.4, -0.2) is 66.1 Å². The van der Waals surface area contributed by atoms with E-state index in [4.69, 9.17) is 14.6 Å². The lowest BCUT2D eigenvalue weighted by Gasteiger charge is -2.49. The summed E-state index contributed by atoms with van der Waals surface area (Å²) in [4.78, 5) is 24.6. The molecule has 0 atom stereocenters. The van der Waals surface area contributed by atoms with Gasteiger partial charge in [0.1, 0.15) is 5.60 Å². The number of nitrogens with zero attached hydrogens (tertiary/aromatic N) is 1. The van der Waals surface area contributed by atoms with E-state index in [0.717, 1.165) is 6.61 Å². The Kier molecular flexibility index (Phi) is 5.52. The predicted octanol–water partition coefficient (Wildman–Crippen LogP) is 1.47. The van der Waals surface area contributed by atoms with Crippen molar-refractivity contribution in [1.82, 2.24) is 10.2 Å². The summed E-state index contributed by atoms with van der Waals surface area (Å²) in [7, 11) is 0. The number of ether oxygens (including phenoxy) is 2. The van der Waals surface area contributed by atoms with E-state index < -0.39 is 23.2 Å². The van der Waals surface area contributed by atoms with Crippen molar-refractivity contribution < 1.29 is 24.2 Å². The second kappa shape index (κ2) is 7.05. The number of carbonyl (C=O) groups excluding carboxylic acids is 1. The number of carboxylic acid groups (broad SMARTS) is 1. The minimum absolute atomic E-state index is 0.0189. The number of carbonyl (C=O) groups is 2. The molecule has 1 aliphatic carbocycles. The highest BCUT2D eigenvalue weighted by molar-refractivity contribution is 5.73. The van der Waals surface area contributed by atoms with Crippen LogP contribution in [-0.2, 0) is 14.3 Å². The highest BCUT2D eigenvalue weighted by atomic mass is 16.6. The first kappa shape index (κ1) is 18.0.